The zero-order valence-corrected chi connectivity index (χ0v) is 21.1. The minimum Gasteiger partial charge on any atom is -0.468 e. The van der Waals surface area contributed by atoms with Crippen LogP contribution in [0.2, 0.25) is 0 Å². The highest BCUT2D eigenvalue weighted by Crippen LogP contribution is 2.20. The summed E-state index contributed by atoms with van der Waals surface area (Å²) in [6.07, 6.45) is 4.31. The smallest absolute Gasteiger partial charge is 0.327 e. The number of hydrogen-bond donors (Lipinski definition) is 3. The van der Waals surface area contributed by atoms with Crippen molar-refractivity contribution in [2.75, 3.05) is 20.8 Å². The number of rotatable bonds is 10. The van der Waals surface area contributed by atoms with Crippen LogP contribution in [0.3, 0.4) is 0 Å². The van der Waals surface area contributed by atoms with Gasteiger partial charge in [-0.2, -0.15) is 0 Å². The zero-order chi connectivity index (χ0) is 25.3. The normalized spacial score (nSPS) is 22.4. The molecule has 10 nitrogen and oxygen atoms in total. The van der Waals surface area contributed by atoms with Crippen LogP contribution in [-0.2, 0) is 28.7 Å². The highest BCUT2D eigenvalue weighted by molar-refractivity contribution is 5.92. The van der Waals surface area contributed by atoms with Gasteiger partial charge in [-0.1, -0.05) is 32.9 Å². The van der Waals surface area contributed by atoms with Crippen LogP contribution in [0.1, 0.15) is 54.4 Å². The summed E-state index contributed by atoms with van der Waals surface area (Å²) in [5, 5.41) is 6.82. The van der Waals surface area contributed by atoms with Crippen molar-refractivity contribution in [3.63, 3.8) is 0 Å². The summed E-state index contributed by atoms with van der Waals surface area (Å²) in [4.78, 5) is 50.7. The van der Waals surface area contributed by atoms with E-state index in [-0.39, 0.29) is 17.7 Å². The lowest BCUT2D eigenvalue weighted by Gasteiger charge is -2.40. The number of amides is 3. The molecular formula is C23H40N4O6. The molecule has 1 rings (SSSR count). The fourth-order valence-electron chi connectivity index (χ4n) is 3.75. The molecule has 3 amide bonds. The van der Waals surface area contributed by atoms with Crippen molar-refractivity contribution in [2.24, 2.45) is 11.8 Å². The van der Waals surface area contributed by atoms with Gasteiger partial charge in [-0.25, -0.2) is 5.43 Å². The maximum Gasteiger partial charge on any atom is 0.327 e. The quantitative estimate of drug-likeness (QED) is 0.321. The molecule has 3 N–H and O–H groups in total. The molecule has 0 aromatic rings. The first kappa shape index (κ1) is 28.6. The third kappa shape index (κ3) is 7.53. The number of carbonyl (C=O) groups is 4. The molecule has 0 spiro atoms. The van der Waals surface area contributed by atoms with Crippen LogP contribution in [0, 0.1) is 11.8 Å². The van der Waals surface area contributed by atoms with Gasteiger partial charge in [-0.15, -0.1) is 0 Å². The molecule has 1 heterocycles. The molecule has 0 aromatic heterocycles. The van der Waals surface area contributed by atoms with Crippen molar-refractivity contribution in [3.8, 4) is 0 Å². The van der Waals surface area contributed by atoms with Crippen molar-refractivity contribution in [1.82, 2.24) is 21.1 Å². The molecule has 1 aliphatic heterocycles. The highest BCUT2D eigenvalue weighted by atomic mass is 16.5. The lowest BCUT2D eigenvalue weighted by Crippen LogP contribution is -2.65. The van der Waals surface area contributed by atoms with E-state index >= 15 is 0 Å². The number of methoxy groups -OCH3 is 2. The Bertz CT molecular complexity index is 740. The second kappa shape index (κ2) is 12.7. The van der Waals surface area contributed by atoms with Crippen LogP contribution in [0.5, 0.6) is 0 Å². The van der Waals surface area contributed by atoms with Crippen molar-refractivity contribution in [2.45, 2.75) is 78.1 Å². The van der Waals surface area contributed by atoms with Crippen molar-refractivity contribution < 1.29 is 28.7 Å². The second-order valence-corrected chi connectivity index (χ2v) is 9.00. The first-order valence-corrected chi connectivity index (χ1v) is 11.4. The summed E-state index contributed by atoms with van der Waals surface area (Å²) in [5.74, 6) is -2.33. The Hall–Kier alpha value is -2.46. The SMILES string of the molecule is C/C=C/C(OC)[C@@H](C)C(=O)N[C@H](C(=O)N[C@@H](C)C(=O)N1CCCC(C)(C(=O)OC)N1)C(C)C. The van der Waals surface area contributed by atoms with E-state index in [0.29, 0.717) is 19.4 Å². The molecule has 33 heavy (non-hydrogen) atoms. The molecular weight excluding hydrogens is 428 g/mol. The molecule has 0 aromatic carbocycles. The van der Waals surface area contributed by atoms with E-state index in [0.717, 1.165) is 0 Å². The van der Waals surface area contributed by atoms with Crippen molar-refractivity contribution >= 4 is 23.7 Å². The first-order valence-electron chi connectivity index (χ1n) is 11.4. The van der Waals surface area contributed by atoms with E-state index in [1.54, 1.807) is 32.9 Å². The van der Waals surface area contributed by atoms with E-state index in [1.807, 2.05) is 20.8 Å². The maximum atomic E-state index is 13.0. The van der Waals surface area contributed by atoms with Crippen LogP contribution in [0.25, 0.3) is 0 Å². The van der Waals surface area contributed by atoms with Crippen LogP contribution in [-0.4, -0.2) is 73.2 Å². The van der Waals surface area contributed by atoms with Gasteiger partial charge < -0.3 is 20.1 Å². The van der Waals surface area contributed by atoms with E-state index in [9.17, 15) is 19.2 Å². The molecule has 1 saturated heterocycles. The van der Waals surface area contributed by atoms with E-state index in [2.05, 4.69) is 16.1 Å². The minimum absolute atomic E-state index is 0.207. The van der Waals surface area contributed by atoms with Gasteiger partial charge >= 0.3 is 5.97 Å². The van der Waals surface area contributed by atoms with Gasteiger partial charge in [0.1, 0.15) is 17.6 Å². The Kier molecular flexibility index (Phi) is 11.0. The molecule has 0 radical (unpaired) electrons. The second-order valence-electron chi connectivity index (χ2n) is 9.00. The van der Waals surface area contributed by atoms with Crippen LogP contribution < -0.4 is 16.1 Å². The monoisotopic (exact) mass is 468 g/mol. The third-order valence-corrected chi connectivity index (χ3v) is 5.88. The summed E-state index contributed by atoms with van der Waals surface area (Å²) in [5.41, 5.74) is 1.92. The van der Waals surface area contributed by atoms with Gasteiger partial charge in [0.2, 0.25) is 11.8 Å². The van der Waals surface area contributed by atoms with Crippen LogP contribution >= 0.6 is 0 Å². The standard InChI is InChI=1S/C23H40N4O6/c1-9-11-17(32-7)15(4)19(28)25-18(14(2)3)20(29)24-16(5)21(30)27-13-10-12-23(6,26-27)22(31)33-8/h9,11,14-18,26H,10,12-13H2,1-8H3,(H,24,29)(H,25,28)/b11-9+/t15-,16+,17?,18+,23?/m1/s1. The lowest BCUT2D eigenvalue weighted by atomic mass is 9.94. The number of nitrogens with zero attached hydrogens (tertiary/aromatic N) is 1. The van der Waals surface area contributed by atoms with Gasteiger partial charge in [0.15, 0.2) is 0 Å². The Morgan fingerprint density at radius 3 is 2.21 bits per heavy atom. The average Bonchev–Trinajstić information content (AvgIpc) is 2.78. The number of esters is 1. The molecule has 188 valence electrons. The molecule has 2 unspecified atom stereocenters. The summed E-state index contributed by atoms with van der Waals surface area (Å²) in [6.45, 7) is 10.8. The van der Waals surface area contributed by atoms with Crippen LogP contribution in [0.15, 0.2) is 12.2 Å². The lowest BCUT2D eigenvalue weighted by molar-refractivity contribution is -0.157. The molecule has 5 atom stereocenters. The Morgan fingerprint density at radius 2 is 1.70 bits per heavy atom. The topological polar surface area (TPSA) is 126 Å². The Labute approximate surface area is 196 Å². The molecule has 1 fully saturated rings. The number of ether oxygens (including phenoxy) is 2. The molecule has 10 heteroatoms. The minimum atomic E-state index is -1.01. The predicted molar refractivity (Wildman–Crippen MR) is 124 cm³/mol. The number of hydrogen-bond acceptors (Lipinski definition) is 7. The molecule has 0 aliphatic carbocycles. The largest absolute Gasteiger partial charge is 0.468 e. The maximum absolute atomic E-state index is 13.0. The van der Waals surface area contributed by atoms with Gasteiger partial charge in [0.25, 0.3) is 5.91 Å². The van der Waals surface area contributed by atoms with Crippen molar-refractivity contribution in [3.05, 3.63) is 12.2 Å². The molecule has 0 saturated carbocycles. The van der Waals surface area contributed by atoms with Gasteiger partial charge in [-0.05, 0) is 39.5 Å². The van der Waals surface area contributed by atoms with Crippen LogP contribution in [0.4, 0.5) is 0 Å². The summed E-state index contributed by atoms with van der Waals surface area (Å²) >= 11 is 0. The number of allylic oxidation sites excluding steroid dienone is 1. The highest BCUT2D eigenvalue weighted by Gasteiger charge is 2.41. The Balaban J connectivity index is 2.83. The average molecular weight is 469 g/mol. The molecule has 1 aliphatic rings. The summed E-state index contributed by atoms with van der Waals surface area (Å²) in [6, 6.07) is -1.69. The van der Waals surface area contributed by atoms with E-state index in [4.69, 9.17) is 9.47 Å². The first-order chi connectivity index (χ1) is 15.4. The zero-order valence-electron chi connectivity index (χ0n) is 21.1. The third-order valence-electron chi connectivity index (χ3n) is 5.88. The van der Waals surface area contributed by atoms with E-state index in [1.165, 1.54) is 19.2 Å². The number of carbonyl (C=O) groups excluding carboxylic acids is 4. The van der Waals surface area contributed by atoms with Crippen molar-refractivity contribution in [1.29, 1.82) is 0 Å². The van der Waals surface area contributed by atoms with Gasteiger partial charge in [0.05, 0.1) is 19.1 Å². The van der Waals surface area contributed by atoms with E-state index < -0.39 is 41.5 Å². The predicted octanol–water partition coefficient (Wildman–Crippen LogP) is 0.918. The molecule has 0 bridgehead atoms. The number of nitrogens with one attached hydrogen (secondary N) is 3. The summed E-state index contributed by atoms with van der Waals surface area (Å²) < 4.78 is 10.2. The van der Waals surface area contributed by atoms with Gasteiger partial charge in [-0.3, -0.25) is 24.2 Å². The fraction of sp³-hybridized carbons (Fsp3) is 0.739. The fourth-order valence-corrected chi connectivity index (χ4v) is 3.75. The number of hydrazine groups is 1. The Morgan fingerprint density at radius 1 is 1.06 bits per heavy atom. The summed E-state index contributed by atoms with van der Waals surface area (Å²) in [7, 11) is 2.82. The van der Waals surface area contributed by atoms with Gasteiger partial charge in [0, 0.05) is 13.7 Å².